The third-order valence-electron chi connectivity index (χ3n) is 7.32. The predicted octanol–water partition coefficient (Wildman–Crippen LogP) is 5.31. The van der Waals surface area contributed by atoms with Crippen LogP contribution in [0.2, 0.25) is 0 Å². The molecule has 0 amide bonds. The van der Waals surface area contributed by atoms with E-state index in [1.807, 2.05) is 36.4 Å². The minimum atomic E-state index is -1.29. The van der Waals surface area contributed by atoms with E-state index in [0.29, 0.717) is 5.56 Å². The highest BCUT2D eigenvalue weighted by Crippen LogP contribution is 2.52. The van der Waals surface area contributed by atoms with Gasteiger partial charge < -0.3 is 51.1 Å². The number of rotatable bonds is 6. The Morgan fingerprint density at radius 3 is 1.65 bits per heavy atom. The predicted molar refractivity (Wildman–Crippen MR) is 173 cm³/mol. The van der Waals surface area contributed by atoms with Gasteiger partial charge in [0.2, 0.25) is 34.5 Å². The molecule has 0 unspecified atom stereocenters. The van der Waals surface area contributed by atoms with Crippen molar-refractivity contribution < 1.29 is 55.5 Å². The number of hydrogen-bond donors (Lipinski definition) is 10. The first kappa shape index (κ1) is 32.4. The Morgan fingerprint density at radius 1 is 0.542 bits per heavy atom. The normalized spacial score (nSPS) is 11.9. The van der Waals surface area contributed by atoms with Gasteiger partial charge in [0.15, 0.2) is 34.7 Å². The van der Waals surface area contributed by atoms with Crippen molar-refractivity contribution in [3.8, 4) is 79.7 Å². The maximum atomic E-state index is 15.2. The van der Waals surface area contributed by atoms with E-state index in [1.54, 1.807) is 18.2 Å². The molecule has 0 heterocycles. The standard InChI is InChI=1S/C34H26FN3O10/c1-36-33(18-10-11-21(35)19(13-18)17-9-5-8-16(12-17)15-6-3-2-4-7-15)38-34(22-25(41)29(45)32(48)30(46)26(22)42)37-14-20-23(39)27(43)31(47)28(44)24(20)40/h2-13,39-48H,1,14H2. The van der Waals surface area contributed by atoms with Gasteiger partial charge in [0.05, 0.1) is 12.1 Å². The zero-order chi connectivity index (χ0) is 34.9. The van der Waals surface area contributed by atoms with Crippen molar-refractivity contribution in [2.45, 2.75) is 6.54 Å². The Kier molecular flexibility index (Phi) is 8.65. The molecule has 14 heteroatoms. The summed E-state index contributed by atoms with van der Waals surface area (Å²) in [6.45, 7) is 2.57. The van der Waals surface area contributed by atoms with Crippen LogP contribution < -0.4 is 0 Å². The van der Waals surface area contributed by atoms with Crippen molar-refractivity contribution >= 4 is 18.4 Å². The minimum absolute atomic E-state index is 0.121. The maximum absolute atomic E-state index is 15.2. The fraction of sp³-hybridized carbons (Fsp3) is 0.0294. The minimum Gasteiger partial charge on any atom is -0.504 e. The van der Waals surface area contributed by atoms with Crippen LogP contribution in [-0.4, -0.2) is 69.5 Å². The molecule has 0 aliphatic heterocycles. The molecule has 5 aromatic carbocycles. The lowest BCUT2D eigenvalue weighted by atomic mass is 9.97. The summed E-state index contributed by atoms with van der Waals surface area (Å²) in [6.07, 6.45) is 0. The van der Waals surface area contributed by atoms with Gasteiger partial charge in [0.1, 0.15) is 11.4 Å². The molecule has 0 saturated heterocycles. The van der Waals surface area contributed by atoms with Crippen molar-refractivity contribution in [3.63, 3.8) is 0 Å². The molecule has 5 rings (SSSR count). The number of hydrogen-bond acceptors (Lipinski definition) is 11. The Labute approximate surface area is 270 Å². The molecule has 0 aliphatic carbocycles. The van der Waals surface area contributed by atoms with Crippen molar-refractivity contribution in [2.24, 2.45) is 15.0 Å². The van der Waals surface area contributed by atoms with Gasteiger partial charge in [-0.3, -0.25) is 4.99 Å². The second-order valence-electron chi connectivity index (χ2n) is 10.2. The Hall–Kier alpha value is -6.96. The van der Waals surface area contributed by atoms with Gasteiger partial charge in [-0.2, -0.15) is 0 Å². The van der Waals surface area contributed by atoms with Crippen LogP contribution in [-0.2, 0) is 6.54 Å². The first-order valence-corrected chi connectivity index (χ1v) is 13.8. The molecule has 48 heavy (non-hydrogen) atoms. The maximum Gasteiger partial charge on any atom is 0.208 e. The molecule has 13 nitrogen and oxygen atoms in total. The van der Waals surface area contributed by atoms with E-state index in [-0.39, 0.29) is 17.0 Å². The number of amidine groups is 2. The van der Waals surface area contributed by atoms with E-state index in [9.17, 15) is 51.1 Å². The van der Waals surface area contributed by atoms with Crippen LogP contribution in [0.1, 0.15) is 16.7 Å². The Bertz CT molecular complexity index is 2090. The van der Waals surface area contributed by atoms with Gasteiger partial charge in [0, 0.05) is 11.1 Å². The van der Waals surface area contributed by atoms with Gasteiger partial charge in [-0.1, -0.05) is 48.5 Å². The summed E-state index contributed by atoms with van der Waals surface area (Å²) in [5.74, 6) is -13.9. The number of aliphatic imine (C=N–C) groups is 3. The molecule has 0 fully saturated rings. The van der Waals surface area contributed by atoms with E-state index < -0.39 is 86.8 Å². The number of phenolic OH excluding ortho intramolecular Hbond substituents is 10. The highest BCUT2D eigenvalue weighted by molar-refractivity contribution is 6.15. The summed E-state index contributed by atoms with van der Waals surface area (Å²) in [4.78, 5) is 12.0. The smallest absolute Gasteiger partial charge is 0.208 e. The summed E-state index contributed by atoms with van der Waals surface area (Å²) in [6, 6.07) is 20.2. The average Bonchev–Trinajstić information content (AvgIpc) is 3.10. The zero-order valence-corrected chi connectivity index (χ0v) is 24.5. The first-order valence-electron chi connectivity index (χ1n) is 13.8. The number of halogens is 1. The second-order valence-corrected chi connectivity index (χ2v) is 10.2. The molecule has 0 bridgehead atoms. The third-order valence-corrected chi connectivity index (χ3v) is 7.32. The molecule has 10 N–H and O–H groups in total. The second kappa shape index (κ2) is 12.8. The van der Waals surface area contributed by atoms with E-state index in [1.165, 1.54) is 12.1 Å². The lowest BCUT2D eigenvalue weighted by Gasteiger charge is -2.14. The monoisotopic (exact) mass is 655 g/mol. The van der Waals surface area contributed by atoms with Gasteiger partial charge in [-0.25, -0.2) is 14.4 Å². The first-order chi connectivity index (χ1) is 22.8. The lowest BCUT2D eigenvalue weighted by molar-refractivity contribution is 0.324. The largest absolute Gasteiger partial charge is 0.504 e. The van der Waals surface area contributed by atoms with Crippen molar-refractivity contribution in [1.82, 2.24) is 0 Å². The Morgan fingerprint density at radius 2 is 1.06 bits per heavy atom. The molecule has 0 spiro atoms. The molecular weight excluding hydrogens is 629 g/mol. The summed E-state index contributed by atoms with van der Waals surface area (Å²) in [5, 5.41) is 102. The fourth-order valence-electron chi connectivity index (χ4n) is 4.78. The molecule has 0 aromatic heterocycles. The van der Waals surface area contributed by atoms with Crippen molar-refractivity contribution in [3.05, 3.63) is 95.3 Å². The van der Waals surface area contributed by atoms with Gasteiger partial charge in [0.25, 0.3) is 0 Å². The van der Waals surface area contributed by atoms with Crippen LogP contribution in [0.25, 0.3) is 22.3 Å². The van der Waals surface area contributed by atoms with Crippen LogP contribution in [0, 0.1) is 5.82 Å². The van der Waals surface area contributed by atoms with Gasteiger partial charge >= 0.3 is 0 Å². The third kappa shape index (κ3) is 5.76. The SMILES string of the molecule is C=NC(=NC(=NCc1c(O)c(O)c(O)c(O)c1O)c1c(O)c(O)c(O)c(O)c1O)c1ccc(F)c(-c2cccc(-c3ccccc3)c2)c1. The molecule has 0 atom stereocenters. The molecule has 0 aliphatic rings. The van der Waals surface area contributed by atoms with Gasteiger partial charge in [-0.05, 0) is 47.7 Å². The van der Waals surface area contributed by atoms with Crippen LogP contribution in [0.4, 0.5) is 4.39 Å². The number of benzene rings is 5. The quantitative estimate of drug-likeness (QED) is 0.0489. The summed E-state index contributed by atoms with van der Waals surface area (Å²) in [7, 11) is 0. The summed E-state index contributed by atoms with van der Waals surface area (Å²) < 4.78 is 15.2. The highest BCUT2D eigenvalue weighted by atomic mass is 19.1. The topological polar surface area (TPSA) is 239 Å². The number of nitrogens with zero attached hydrogens (tertiary/aromatic N) is 3. The molecule has 0 radical (unpaired) electrons. The van der Waals surface area contributed by atoms with Gasteiger partial charge in [-0.15, -0.1) is 0 Å². The number of phenols is 10. The molecule has 244 valence electrons. The van der Waals surface area contributed by atoms with E-state index in [4.69, 9.17) is 0 Å². The zero-order valence-electron chi connectivity index (χ0n) is 24.5. The van der Waals surface area contributed by atoms with E-state index in [2.05, 4.69) is 21.7 Å². The summed E-state index contributed by atoms with van der Waals surface area (Å²) in [5.41, 5.74) is 0.865. The average molecular weight is 656 g/mol. The van der Waals surface area contributed by atoms with Crippen LogP contribution >= 0.6 is 0 Å². The highest BCUT2D eigenvalue weighted by Gasteiger charge is 2.28. The van der Waals surface area contributed by atoms with E-state index in [0.717, 1.165) is 17.2 Å². The fourth-order valence-corrected chi connectivity index (χ4v) is 4.78. The number of aromatic hydroxyl groups is 10. The lowest BCUT2D eigenvalue weighted by Crippen LogP contribution is -2.07. The van der Waals surface area contributed by atoms with Crippen LogP contribution in [0.15, 0.2) is 87.8 Å². The van der Waals surface area contributed by atoms with Crippen LogP contribution in [0.3, 0.4) is 0 Å². The van der Waals surface area contributed by atoms with Crippen molar-refractivity contribution in [2.75, 3.05) is 0 Å². The van der Waals surface area contributed by atoms with Crippen molar-refractivity contribution in [1.29, 1.82) is 0 Å². The molecule has 0 saturated carbocycles. The van der Waals surface area contributed by atoms with Crippen LogP contribution in [0.5, 0.6) is 57.5 Å². The molecular formula is C34H26FN3O10. The molecule has 5 aromatic rings. The van der Waals surface area contributed by atoms with E-state index >= 15 is 4.39 Å². The summed E-state index contributed by atoms with van der Waals surface area (Å²) >= 11 is 0. The Balaban J connectivity index is 1.69.